The molecule has 1 saturated carbocycles. The van der Waals surface area contributed by atoms with Crippen LogP contribution in [0.5, 0.6) is 0 Å². The van der Waals surface area contributed by atoms with Crippen LogP contribution in [0.25, 0.3) is 0 Å². The zero-order valence-electron chi connectivity index (χ0n) is 12.8. The van der Waals surface area contributed by atoms with Crippen molar-refractivity contribution in [1.29, 1.82) is 0 Å². The Morgan fingerprint density at radius 3 is 2.47 bits per heavy atom. The van der Waals surface area contributed by atoms with E-state index in [9.17, 15) is 5.11 Å². The number of hydrogen-bond acceptors (Lipinski definition) is 3. The van der Waals surface area contributed by atoms with Gasteiger partial charge in [-0.05, 0) is 56.9 Å². The maximum atomic E-state index is 10.3. The minimum atomic E-state index is -0.125. The molecule has 1 N–H and O–H groups in total. The number of ether oxygens (including phenoxy) is 1. The van der Waals surface area contributed by atoms with Crippen LogP contribution in [0.2, 0.25) is 0 Å². The molecule has 2 aliphatic rings. The van der Waals surface area contributed by atoms with E-state index in [1.165, 1.54) is 25.7 Å². The molecule has 0 radical (unpaired) electrons. The molecule has 0 aromatic rings. The van der Waals surface area contributed by atoms with Gasteiger partial charge in [0.15, 0.2) is 0 Å². The van der Waals surface area contributed by atoms with Crippen molar-refractivity contribution in [3.63, 3.8) is 0 Å². The van der Waals surface area contributed by atoms with Crippen molar-refractivity contribution in [2.45, 2.75) is 58.1 Å². The lowest BCUT2D eigenvalue weighted by atomic mass is 9.77. The highest BCUT2D eigenvalue weighted by molar-refractivity contribution is 4.87. The molecule has 19 heavy (non-hydrogen) atoms. The predicted octanol–water partition coefficient (Wildman–Crippen LogP) is 2.53. The Morgan fingerprint density at radius 1 is 1.16 bits per heavy atom. The Labute approximate surface area is 118 Å². The monoisotopic (exact) mass is 269 g/mol. The van der Waals surface area contributed by atoms with Crippen LogP contribution in [0.4, 0.5) is 0 Å². The normalized spacial score (nSPS) is 34.1. The smallest absolute Gasteiger partial charge is 0.0695 e. The number of aliphatic hydroxyl groups excluding tert-OH is 1. The third-order valence-corrected chi connectivity index (χ3v) is 5.22. The van der Waals surface area contributed by atoms with E-state index in [1.807, 2.05) is 0 Å². The highest BCUT2D eigenvalue weighted by Gasteiger charge is 2.33. The van der Waals surface area contributed by atoms with Crippen LogP contribution in [0.15, 0.2) is 0 Å². The Balaban J connectivity index is 1.86. The molecule has 0 aromatic carbocycles. The average Bonchev–Trinajstić information content (AvgIpc) is 2.40. The zero-order chi connectivity index (χ0) is 13.8. The number of hydrogen-bond donors (Lipinski definition) is 1. The molecule has 2 fully saturated rings. The fourth-order valence-corrected chi connectivity index (χ4v) is 3.71. The molecule has 1 aliphatic carbocycles. The van der Waals surface area contributed by atoms with Gasteiger partial charge in [-0.1, -0.05) is 13.8 Å². The second kappa shape index (κ2) is 7.05. The molecule has 1 aliphatic heterocycles. The van der Waals surface area contributed by atoms with Crippen LogP contribution in [0, 0.1) is 17.8 Å². The molecule has 3 heteroatoms. The summed E-state index contributed by atoms with van der Waals surface area (Å²) in [7, 11) is 2.20. The predicted molar refractivity (Wildman–Crippen MR) is 78.1 cm³/mol. The lowest BCUT2D eigenvalue weighted by Crippen LogP contribution is -2.48. The molecule has 112 valence electrons. The first-order valence-electron chi connectivity index (χ1n) is 8.04. The molecule has 3 unspecified atom stereocenters. The third kappa shape index (κ3) is 4.17. The first-order chi connectivity index (χ1) is 9.08. The van der Waals surface area contributed by atoms with Gasteiger partial charge in [0.05, 0.1) is 6.10 Å². The molecule has 0 amide bonds. The van der Waals surface area contributed by atoms with Gasteiger partial charge >= 0.3 is 0 Å². The zero-order valence-corrected chi connectivity index (χ0v) is 12.8. The lowest BCUT2D eigenvalue weighted by molar-refractivity contribution is -0.0103. The molecule has 0 spiro atoms. The van der Waals surface area contributed by atoms with Gasteiger partial charge in [-0.15, -0.1) is 0 Å². The van der Waals surface area contributed by atoms with Crippen molar-refractivity contribution in [3.8, 4) is 0 Å². The minimum Gasteiger partial charge on any atom is -0.391 e. The van der Waals surface area contributed by atoms with Crippen molar-refractivity contribution in [2.75, 3.05) is 26.8 Å². The van der Waals surface area contributed by atoms with Crippen molar-refractivity contribution >= 4 is 0 Å². The molecule has 1 heterocycles. The van der Waals surface area contributed by atoms with Crippen molar-refractivity contribution in [1.82, 2.24) is 4.90 Å². The summed E-state index contributed by atoms with van der Waals surface area (Å²) in [5.74, 6) is 2.28. The van der Waals surface area contributed by atoms with Crippen LogP contribution >= 0.6 is 0 Å². The van der Waals surface area contributed by atoms with E-state index >= 15 is 0 Å². The number of nitrogens with zero attached hydrogens (tertiary/aromatic N) is 1. The first-order valence-corrected chi connectivity index (χ1v) is 8.04. The van der Waals surface area contributed by atoms with Gasteiger partial charge in [-0.3, -0.25) is 0 Å². The molecule has 3 atom stereocenters. The SMILES string of the molecule is CC(C)C1CCC(O)C(N(C)CC2CCOCC2)C1. The second-order valence-electron chi connectivity index (χ2n) is 6.95. The fourth-order valence-electron chi connectivity index (χ4n) is 3.71. The molecule has 2 rings (SSSR count). The van der Waals surface area contributed by atoms with E-state index in [0.717, 1.165) is 43.9 Å². The van der Waals surface area contributed by atoms with E-state index in [0.29, 0.717) is 6.04 Å². The Hall–Kier alpha value is -0.120. The van der Waals surface area contributed by atoms with Gasteiger partial charge in [-0.2, -0.15) is 0 Å². The van der Waals surface area contributed by atoms with Crippen molar-refractivity contribution in [2.24, 2.45) is 17.8 Å². The Kier molecular flexibility index (Phi) is 5.67. The summed E-state index contributed by atoms with van der Waals surface area (Å²) >= 11 is 0. The van der Waals surface area contributed by atoms with Gasteiger partial charge in [0.25, 0.3) is 0 Å². The Bertz CT molecular complexity index is 263. The summed E-state index contributed by atoms with van der Waals surface area (Å²) in [6.45, 7) is 7.59. The summed E-state index contributed by atoms with van der Waals surface area (Å²) in [6, 6.07) is 0.365. The van der Waals surface area contributed by atoms with E-state index in [-0.39, 0.29) is 6.10 Å². The van der Waals surface area contributed by atoms with Gasteiger partial charge in [0, 0.05) is 25.8 Å². The van der Waals surface area contributed by atoms with Crippen LogP contribution in [0.1, 0.15) is 46.0 Å². The second-order valence-corrected chi connectivity index (χ2v) is 6.95. The molecule has 1 saturated heterocycles. The van der Waals surface area contributed by atoms with Gasteiger partial charge in [-0.25, -0.2) is 0 Å². The molecule has 0 bridgehead atoms. The summed E-state index contributed by atoms with van der Waals surface area (Å²) in [6.07, 6.45) is 5.58. The van der Waals surface area contributed by atoms with Gasteiger partial charge in [0.1, 0.15) is 0 Å². The summed E-state index contributed by atoms with van der Waals surface area (Å²) in [4.78, 5) is 2.43. The first kappa shape index (κ1) is 15.3. The summed E-state index contributed by atoms with van der Waals surface area (Å²) in [5.41, 5.74) is 0. The number of rotatable bonds is 4. The van der Waals surface area contributed by atoms with E-state index < -0.39 is 0 Å². The number of aliphatic hydroxyl groups is 1. The molecule has 0 aromatic heterocycles. The maximum Gasteiger partial charge on any atom is 0.0695 e. The standard InChI is InChI=1S/C16H31NO2/c1-12(2)14-4-5-16(18)15(10-14)17(3)11-13-6-8-19-9-7-13/h12-16,18H,4-11H2,1-3H3. The molecule has 3 nitrogen and oxygen atoms in total. The van der Waals surface area contributed by atoms with Crippen molar-refractivity contribution < 1.29 is 9.84 Å². The van der Waals surface area contributed by atoms with E-state index in [2.05, 4.69) is 25.8 Å². The van der Waals surface area contributed by atoms with Gasteiger partial charge in [0.2, 0.25) is 0 Å². The average molecular weight is 269 g/mol. The lowest BCUT2D eigenvalue weighted by Gasteiger charge is -2.41. The fraction of sp³-hybridized carbons (Fsp3) is 1.00. The topological polar surface area (TPSA) is 32.7 Å². The highest BCUT2D eigenvalue weighted by atomic mass is 16.5. The highest BCUT2D eigenvalue weighted by Crippen LogP contribution is 2.33. The quantitative estimate of drug-likeness (QED) is 0.851. The third-order valence-electron chi connectivity index (χ3n) is 5.22. The summed E-state index contributed by atoms with van der Waals surface area (Å²) < 4.78 is 5.43. The molecular weight excluding hydrogens is 238 g/mol. The van der Waals surface area contributed by atoms with Crippen molar-refractivity contribution in [3.05, 3.63) is 0 Å². The maximum absolute atomic E-state index is 10.3. The van der Waals surface area contributed by atoms with Gasteiger partial charge < -0.3 is 14.7 Å². The van der Waals surface area contributed by atoms with E-state index in [1.54, 1.807) is 0 Å². The molecular formula is C16H31NO2. The summed E-state index contributed by atoms with van der Waals surface area (Å²) in [5, 5.41) is 10.3. The van der Waals surface area contributed by atoms with Crippen LogP contribution in [-0.2, 0) is 4.74 Å². The van der Waals surface area contributed by atoms with Crippen LogP contribution in [-0.4, -0.2) is 49.0 Å². The number of likely N-dealkylation sites (N-methyl/N-ethyl adjacent to an activating group) is 1. The van der Waals surface area contributed by atoms with E-state index in [4.69, 9.17) is 4.74 Å². The minimum absolute atomic E-state index is 0.125. The largest absolute Gasteiger partial charge is 0.391 e. The van der Waals surface area contributed by atoms with Crippen LogP contribution < -0.4 is 0 Å². The van der Waals surface area contributed by atoms with Crippen LogP contribution in [0.3, 0.4) is 0 Å². The Morgan fingerprint density at radius 2 is 1.84 bits per heavy atom.